The van der Waals surface area contributed by atoms with Crippen molar-refractivity contribution < 1.29 is 9.63 Å². The van der Waals surface area contributed by atoms with Gasteiger partial charge in [0, 0.05) is 31.5 Å². The van der Waals surface area contributed by atoms with Gasteiger partial charge in [-0.05, 0) is 19.1 Å². The van der Waals surface area contributed by atoms with Crippen molar-refractivity contribution in [3.63, 3.8) is 0 Å². The van der Waals surface area contributed by atoms with Crippen molar-refractivity contribution in [1.29, 1.82) is 0 Å². The van der Waals surface area contributed by atoms with Crippen molar-refractivity contribution in [3.8, 4) is 0 Å². The summed E-state index contributed by atoms with van der Waals surface area (Å²) in [6.07, 6.45) is 2.73. The summed E-state index contributed by atoms with van der Waals surface area (Å²) in [5, 5.41) is 4.10. The number of benzene rings is 1. The van der Waals surface area contributed by atoms with Crippen molar-refractivity contribution >= 4 is 11.7 Å². The van der Waals surface area contributed by atoms with Crippen LogP contribution < -0.4 is 0 Å². The molecule has 2 rings (SSSR count). The average Bonchev–Trinajstić information content (AvgIpc) is 2.50. The fourth-order valence-electron chi connectivity index (χ4n) is 2.54. The Labute approximate surface area is 126 Å². The smallest absolute Gasteiger partial charge is 0.313 e. The summed E-state index contributed by atoms with van der Waals surface area (Å²) in [5.74, 6) is -0.124. The van der Waals surface area contributed by atoms with Crippen LogP contribution in [0.15, 0.2) is 48.1 Å². The van der Waals surface area contributed by atoms with E-state index in [9.17, 15) is 4.79 Å². The molecule has 1 heterocycles. The second kappa shape index (κ2) is 7.18. The minimum Gasteiger partial charge on any atom is -0.313 e. The highest BCUT2D eigenvalue weighted by molar-refractivity contribution is 5.91. The molecular weight excluding hydrogens is 264 g/mol. The van der Waals surface area contributed by atoms with Crippen LogP contribution in [0.25, 0.3) is 0 Å². The zero-order valence-corrected chi connectivity index (χ0v) is 12.7. The molecule has 1 aromatic rings. The van der Waals surface area contributed by atoms with Gasteiger partial charge in [0.25, 0.3) is 0 Å². The van der Waals surface area contributed by atoms with Gasteiger partial charge in [-0.1, -0.05) is 36.4 Å². The Hall–Kier alpha value is -1.94. The molecule has 0 N–H and O–H groups in total. The molecule has 1 saturated heterocycles. The highest BCUT2D eigenvalue weighted by atomic mass is 16.7. The van der Waals surface area contributed by atoms with Crippen LogP contribution in [0.4, 0.5) is 0 Å². The molecule has 0 bridgehead atoms. The third kappa shape index (κ3) is 4.02. The Morgan fingerprint density at radius 2 is 2.14 bits per heavy atom. The summed E-state index contributed by atoms with van der Waals surface area (Å²) >= 11 is 0. The molecule has 0 aromatic heterocycles. The van der Waals surface area contributed by atoms with Crippen LogP contribution in [0, 0.1) is 5.92 Å². The van der Waals surface area contributed by atoms with Crippen LogP contribution in [0.2, 0.25) is 0 Å². The Bertz CT molecular complexity index is 525. The van der Waals surface area contributed by atoms with Crippen molar-refractivity contribution in [2.75, 3.05) is 13.1 Å². The molecule has 4 heteroatoms. The van der Waals surface area contributed by atoms with Gasteiger partial charge in [-0.2, -0.15) is 0 Å². The Kier molecular flexibility index (Phi) is 5.28. The molecule has 1 aliphatic rings. The van der Waals surface area contributed by atoms with Crippen molar-refractivity contribution in [2.24, 2.45) is 11.1 Å². The maximum atomic E-state index is 11.9. The lowest BCUT2D eigenvalue weighted by molar-refractivity contribution is 0.0508. The van der Waals surface area contributed by atoms with Crippen LogP contribution in [0.1, 0.15) is 30.6 Å². The van der Waals surface area contributed by atoms with E-state index >= 15 is 0 Å². The van der Waals surface area contributed by atoms with Gasteiger partial charge >= 0.3 is 5.97 Å². The van der Waals surface area contributed by atoms with E-state index in [1.54, 1.807) is 12.1 Å². The summed E-state index contributed by atoms with van der Waals surface area (Å²) in [6, 6.07) is 9.31. The van der Waals surface area contributed by atoms with Gasteiger partial charge < -0.3 is 4.84 Å². The Morgan fingerprint density at radius 3 is 2.81 bits per heavy atom. The number of likely N-dealkylation sites (tertiary alicyclic amines) is 1. The van der Waals surface area contributed by atoms with Gasteiger partial charge in [-0.15, -0.1) is 6.58 Å². The molecule has 0 aliphatic carbocycles. The van der Waals surface area contributed by atoms with Gasteiger partial charge in [0.05, 0.1) is 11.3 Å². The first-order valence-electron chi connectivity index (χ1n) is 7.30. The SMILES string of the molecule is C=CCN1C[C@H](C)/C(=N\OC(=O)c2ccccc2)C[C@@H]1C. The van der Waals surface area contributed by atoms with E-state index in [2.05, 4.69) is 30.5 Å². The van der Waals surface area contributed by atoms with E-state index in [-0.39, 0.29) is 5.92 Å². The molecule has 21 heavy (non-hydrogen) atoms. The third-order valence-electron chi connectivity index (χ3n) is 3.82. The summed E-state index contributed by atoms with van der Waals surface area (Å²) in [6.45, 7) is 9.84. The molecule has 0 spiro atoms. The van der Waals surface area contributed by atoms with E-state index < -0.39 is 5.97 Å². The number of hydrogen-bond acceptors (Lipinski definition) is 4. The monoisotopic (exact) mass is 286 g/mol. The number of carbonyl (C=O) groups excluding carboxylic acids is 1. The molecule has 2 atom stereocenters. The topological polar surface area (TPSA) is 41.9 Å². The van der Waals surface area contributed by atoms with Gasteiger partial charge in [-0.25, -0.2) is 4.79 Å². The predicted molar refractivity (Wildman–Crippen MR) is 84.3 cm³/mol. The number of piperidine rings is 1. The predicted octanol–water partition coefficient (Wildman–Crippen LogP) is 3.12. The maximum absolute atomic E-state index is 11.9. The van der Waals surface area contributed by atoms with E-state index in [0.717, 1.165) is 25.2 Å². The minimum atomic E-state index is -0.406. The largest absolute Gasteiger partial charge is 0.365 e. The summed E-state index contributed by atoms with van der Waals surface area (Å²) < 4.78 is 0. The van der Waals surface area contributed by atoms with Crippen molar-refractivity contribution in [2.45, 2.75) is 26.3 Å². The standard InChI is InChI=1S/C17H22N2O2/c1-4-10-19-12-13(2)16(11-14(19)3)18-21-17(20)15-8-6-5-7-9-15/h4-9,13-14H,1,10-12H2,2-3H3/b18-16-/t13-,14-/m0/s1. The Balaban J connectivity index is 1.98. The number of carbonyl (C=O) groups is 1. The lowest BCUT2D eigenvalue weighted by Gasteiger charge is -2.36. The highest BCUT2D eigenvalue weighted by Crippen LogP contribution is 2.20. The van der Waals surface area contributed by atoms with Crippen molar-refractivity contribution in [1.82, 2.24) is 4.90 Å². The Morgan fingerprint density at radius 1 is 1.43 bits per heavy atom. The third-order valence-corrected chi connectivity index (χ3v) is 3.82. The summed E-state index contributed by atoms with van der Waals surface area (Å²) in [5.41, 5.74) is 1.47. The van der Waals surface area contributed by atoms with E-state index in [0.29, 0.717) is 11.6 Å². The molecule has 4 nitrogen and oxygen atoms in total. The molecule has 0 radical (unpaired) electrons. The normalized spacial score (nSPS) is 24.8. The number of rotatable bonds is 4. The molecule has 112 valence electrons. The molecule has 0 amide bonds. The second-order valence-corrected chi connectivity index (χ2v) is 5.52. The first kappa shape index (κ1) is 15.4. The zero-order chi connectivity index (χ0) is 15.2. The van der Waals surface area contributed by atoms with E-state index in [4.69, 9.17) is 4.84 Å². The summed E-state index contributed by atoms with van der Waals surface area (Å²) in [7, 11) is 0. The van der Waals surface area contributed by atoms with Gasteiger partial charge in [0.2, 0.25) is 0 Å². The molecular formula is C17H22N2O2. The van der Waals surface area contributed by atoms with Gasteiger partial charge in [-0.3, -0.25) is 4.90 Å². The minimum absolute atomic E-state index is 0.282. The van der Waals surface area contributed by atoms with Crippen molar-refractivity contribution in [3.05, 3.63) is 48.6 Å². The fraction of sp³-hybridized carbons (Fsp3) is 0.412. The van der Waals surface area contributed by atoms with E-state index in [1.165, 1.54) is 0 Å². The van der Waals surface area contributed by atoms with Crippen LogP contribution in [-0.2, 0) is 4.84 Å². The molecule has 0 unspecified atom stereocenters. The quantitative estimate of drug-likeness (QED) is 0.485. The first-order chi connectivity index (χ1) is 10.1. The highest BCUT2D eigenvalue weighted by Gasteiger charge is 2.27. The zero-order valence-electron chi connectivity index (χ0n) is 12.7. The van der Waals surface area contributed by atoms with Crippen LogP contribution in [-0.4, -0.2) is 35.7 Å². The van der Waals surface area contributed by atoms with Crippen LogP contribution in [0.5, 0.6) is 0 Å². The van der Waals surface area contributed by atoms with Crippen LogP contribution >= 0.6 is 0 Å². The van der Waals surface area contributed by atoms with Gasteiger partial charge in [0.1, 0.15) is 0 Å². The molecule has 1 fully saturated rings. The van der Waals surface area contributed by atoms with Crippen LogP contribution in [0.3, 0.4) is 0 Å². The average molecular weight is 286 g/mol. The number of hydrogen-bond donors (Lipinski definition) is 0. The molecule has 1 aromatic carbocycles. The second-order valence-electron chi connectivity index (χ2n) is 5.52. The summed E-state index contributed by atoms with van der Waals surface area (Å²) in [4.78, 5) is 19.3. The lowest BCUT2D eigenvalue weighted by Crippen LogP contribution is -2.45. The number of nitrogens with zero attached hydrogens (tertiary/aromatic N) is 2. The first-order valence-corrected chi connectivity index (χ1v) is 7.30. The maximum Gasteiger partial charge on any atom is 0.365 e. The fourth-order valence-corrected chi connectivity index (χ4v) is 2.54. The molecule has 0 saturated carbocycles. The molecule has 1 aliphatic heterocycles. The van der Waals surface area contributed by atoms with E-state index in [1.807, 2.05) is 24.3 Å². The van der Waals surface area contributed by atoms with Gasteiger partial charge in [0.15, 0.2) is 0 Å². The number of oxime groups is 1. The lowest BCUT2D eigenvalue weighted by atomic mass is 9.93.